The van der Waals surface area contributed by atoms with Gasteiger partial charge in [-0.15, -0.1) is 11.3 Å². The van der Waals surface area contributed by atoms with Gasteiger partial charge in [-0.2, -0.15) is 0 Å². The fourth-order valence-electron chi connectivity index (χ4n) is 2.67. The number of amides is 1. The smallest absolute Gasteiger partial charge is 0.260 e. The number of rotatable bonds is 7. The molecule has 6 heteroatoms. The molecule has 1 saturated heterocycles. The summed E-state index contributed by atoms with van der Waals surface area (Å²) >= 11 is 7.59. The van der Waals surface area contributed by atoms with Crippen molar-refractivity contribution in [1.29, 1.82) is 0 Å². The second-order valence-electron chi connectivity index (χ2n) is 5.73. The highest BCUT2D eigenvalue weighted by molar-refractivity contribution is 7.09. The van der Waals surface area contributed by atoms with E-state index in [1.165, 1.54) is 0 Å². The van der Waals surface area contributed by atoms with Crippen molar-refractivity contribution in [3.8, 4) is 5.75 Å². The summed E-state index contributed by atoms with van der Waals surface area (Å²) in [5.74, 6) is 0.558. The number of halogens is 1. The summed E-state index contributed by atoms with van der Waals surface area (Å²) in [5, 5.41) is 2.61. The minimum Gasteiger partial charge on any atom is -0.484 e. The number of hydrogen-bond acceptors (Lipinski definition) is 4. The van der Waals surface area contributed by atoms with E-state index in [2.05, 4.69) is 0 Å². The first-order chi connectivity index (χ1) is 11.7. The summed E-state index contributed by atoms with van der Waals surface area (Å²) < 4.78 is 11.3. The van der Waals surface area contributed by atoms with Crippen LogP contribution in [0.3, 0.4) is 0 Å². The zero-order valence-electron chi connectivity index (χ0n) is 13.3. The fraction of sp³-hybridized carbons (Fsp3) is 0.389. The van der Waals surface area contributed by atoms with Crippen LogP contribution in [0, 0.1) is 0 Å². The first kappa shape index (κ1) is 17.3. The molecule has 0 bridgehead atoms. The molecule has 1 aromatic heterocycles. The van der Waals surface area contributed by atoms with E-state index < -0.39 is 0 Å². The molecule has 1 amide bonds. The minimum absolute atomic E-state index is 0.00155. The van der Waals surface area contributed by atoms with E-state index in [4.69, 9.17) is 21.1 Å². The molecule has 1 aromatic carbocycles. The number of nitrogens with zero attached hydrogens (tertiary/aromatic N) is 1. The van der Waals surface area contributed by atoms with Crippen LogP contribution in [0.1, 0.15) is 17.7 Å². The van der Waals surface area contributed by atoms with Crippen LogP contribution in [-0.4, -0.2) is 36.7 Å². The largest absolute Gasteiger partial charge is 0.484 e. The van der Waals surface area contributed by atoms with Gasteiger partial charge < -0.3 is 14.4 Å². The van der Waals surface area contributed by atoms with Crippen molar-refractivity contribution < 1.29 is 14.3 Å². The van der Waals surface area contributed by atoms with Crippen molar-refractivity contribution in [3.05, 3.63) is 51.7 Å². The van der Waals surface area contributed by atoms with Gasteiger partial charge in [-0.1, -0.05) is 23.7 Å². The van der Waals surface area contributed by atoms with E-state index in [0.29, 0.717) is 23.9 Å². The second kappa shape index (κ2) is 8.51. The monoisotopic (exact) mass is 365 g/mol. The van der Waals surface area contributed by atoms with Gasteiger partial charge in [0.1, 0.15) is 5.75 Å². The molecule has 1 aliphatic heterocycles. The van der Waals surface area contributed by atoms with Gasteiger partial charge in [-0.05, 0) is 42.5 Å². The number of carbonyl (C=O) groups excluding carboxylic acids is 1. The van der Waals surface area contributed by atoms with Crippen molar-refractivity contribution in [2.24, 2.45) is 0 Å². The van der Waals surface area contributed by atoms with E-state index >= 15 is 0 Å². The Balaban J connectivity index is 1.60. The molecular weight excluding hydrogens is 346 g/mol. The number of ether oxygens (including phenoxy) is 2. The Bertz CT molecular complexity index is 656. The predicted molar refractivity (Wildman–Crippen MR) is 95.7 cm³/mol. The molecule has 2 aromatic rings. The number of carbonyl (C=O) groups is 1. The van der Waals surface area contributed by atoms with Crippen molar-refractivity contribution in [2.45, 2.75) is 25.5 Å². The highest BCUT2D eigenvalue weighted by Crippen LogP contribution is 2.19. The summed E-state index contributed by atoms with van der Waals surface area (Å²) in [5.41, 5.74) is 0. The zero-order valence-corrected chi connectivity index (χ0v) is 14.9. The first-order valence-electron chi connectivity index (χ1n) is 8.01. The maximum absolute atomic E-state index is 12.6. The standard InChI is InChI=1S/C18H20ClNO3S/c19-14-4-1-5-15(10-14)23-13-18(21)20(11-16-6-2-8-22-16)12-17-7-3-9-24-17/h1,3-5,7,9-10,16H,2,6,8,11-13H2. The van der Waals surface area contributed by atoms with Crippen LogP contribution >= 0.6 is 22.9 Å². The highest BCUT2D eigenvalue weighted by Gasteiger charge is 2.23. The van der Waals surface area contributed by atoms with Gasteiger partial charge in [0, 0.05) is 23.1 Å². The summed E-state index contributed by atoms with van der Waals surface area (Å²) in [6.07, 6.45) is 2.19. The van der Waals surface area contributed by atoms with E-state index in [-0.39, 0.29) is 18.6 Å². The number of thiophene rings is 1. The lowest BCUT2D eigenvalue weighted by Gasteiger charge is -2.25. The van der Waals surface area contributed by atoms with E-state index in [9.17, 15) is 4.79 Å². The van der Waals surface area contributed by atoms with Gasteiger partial charge in [-0.3, -0.25) is 4.79 Å². The van der Waals surface area contributed by atoms with Crippen LogP contribution in [0.2, 0.25) is 5.02 Å². The van der Waals surface area contributed by atoms with Gasteiger partial charge in [-0.25, -0.2) is 0 Å². The lowest BCUT2D eigenvalue weighted by atomic mass is 10.2. The molecule has 0 spiro atoms. The molecule has 0 radical (unpaired) electrons. The summed E-state index contributed by atoms with van der Waals surface area (Å²) in [6.45, 7) is 1.98. The van der Waals surface area contributed by atoms with Crippen LogP contribution < -0.4 is 4.74 Å². The molecule has 1 aliphatic rings. The first-order valence-corrected chi connectivity index (χ1v) is 9.26. The Hall–Kier alpha value is -1.56. The van der Waals surface area contributed by atoms with Crippen molar-refractivity contribution in [1.82, 2.24) is 4.90 Å². The molecule has 0 saturated carbocycles. The van der Waals surface area contributed by atoms with Crippen LogP contribution in [0.15, 0.2) is 41.8 Å². The molecule has 1 fully saturated rings. The van der Waals surface area contributed by atoms with Crippen molar-refractivity contribution >= 4 is 28.8 Å². The molecule has 3 rings (SSSR count). The van der Waals surface area contributed by atoms with Gasteiger partial charge in [0.25, 0.3) is 5.91 Å². The van der Waals surface area contributed by atoms with Gasteiger partial charge >= 0.3 is 0 Å². The third-order valence-corrected chi connectivity index (χ3v) is 4.98. The molecule has 1 unspecified atom stereocenters. The SMILES string of the molecule is O=C(COc1cccc(Cl)c1)N(Cc1cccs1)CC1CCCO1. The maximum atomic E-state index is 12.6. The molecule has 0 N–H and O–H groups in total. The number of hydrogen-bond donors (Lipinski definition) is 0. The molecule has 2 heterocycles. The average Bonchev–Trinajstić information content (AvgIpc) is 3.26. The lowest BCUT2D eigenvalue weighted by molar-refractivity contribution is -0.135. The predicted octanol–water partition coefficient (Wildman–Crippen LogP) is 3.99. The van der Waals surface area contributed by atoms with Crippen molar-refractivity contribution in [2.75, 3.05) is 19.8 Å². The molecule has 24 heavy (non-hydrogen) atoms. The molecule has 0 aliphatic carbocycles. The fourth-order valence-corrected chi connectivity index (χ4v) is 3.57. The lowest BCUT2D eigenvalue weighted by Crippen LogP contribution is -2.39. The molecule has 4 nitrogen and oxygen atoms in total. The summed E-state index contributed by atoms with van der Waals surface area (Å²) in [6, 6.07) is 11.1. The second-order valence-corrected chi connectivity index (χ2v) is 7.20. The molecular formula is C18H20ClNO3S. The Kier molecular flexibility index (Phi) is 6.12. The Morgan fingerprint density at radius 3 is 3.00 bits per heavy atom. The minimum atomic E-state index is -0.0427. The Morgan fingerprint density at radius 2 is 2.29 bits per heavy atom. The normalized spacial score (nSPS) is 17.0. The molecule has 1 atom stereocenters. The summed E-state index contributed by atoms with van der Waals surface area (Å²) in [7, 11) is 0. The van der Waals surface area contributed by atoms with Crippen LogP contribution in [0.4, 0.5) is 0 Å². The van der Waals surface area contributed by atoms with Crippen LogP contribution in [0.25, 0.3) is 0 Å². The van der Waals surface area contributed by atoms with Gasteiger partial charge in [0.05, 0.1) is 12.6 Å². The topological polar surface area (TPSA) is 38.8 Å². The van der Waals surface area contributed by atoms with Crippen LogP contribution in [-0.2, 0) is 16.1 Å². The maximum Gasteiger partial charge on any atom is 0.260 e. The quantitative estimate of drug-likeness (QED) is 0.744. The summed E-state index contributed by atoms with van der Waals surface area (Å²) in [4.78, 5) is 15.6. The highest BCUT2D eigenvalue weighted by atomic mass is 35.5. The van der Waals surface area contributed by atoms with E-state index in [0.717, 1.165) is 24.3 Å². The Labute approximate surface area is 150 Å². The third kappa shape index (κ3) is 4.97. The molecule has 128 valence electrons. The van der Waals surface area contributed by atoms with Crippen LogP contribution in [0.5, 0.6) is 5.75 Å². The van der Waals surface area contributed by atoms with E-state index in [1.54, 1.807) is 35.6 Å². The van der Waals surface area contributed by atoms with Crippen molar-refractivity contribution in [3.63, 3.8) is 0 Å². The number of benzene rings is 1. The average molecular weight is 366 g/mol. The van der Waals surface area contributed by atoms with E-state index in [1.807, 2.05) is 22.4 Å². The van der Waals surface area contributed by atoms with Gasteiger partial charge in [0.2, 0.25) is 0 Å². The van der Waals surface area contributed by atoms with Gasteiger partial charge in [0.15, 0.2) is 6.61 Å². The Morgan fingerprint density at radius 1 is 1.38 bits per heavy atom. The third-order valence-electron chi connectivity index (χ3n) is 3.89. The zero-order chi connectivity index (χ0) is 16.8.